The van der Waals surface area contributed by atoms with Gasteiger partial charge >= 0.3 is 0 Å². The second-order valence-electron chi connectivity index (χ2n) is 6.60. The molecule has 1 aliphatic rings. The molecule has 0 bridgehead atoms. The van der Waals surface area contributed by atoms with Crippen molar-refractivity contribution >= 4 is 18.3 Å². The van der Waals surface area contributed by atoms with E-state index in [1.807, 2.05) is 30.1 Å². The highest BCUT2D eigenvalue weighted by Crippen LogP contribution is 2.22. The molecule has 1 unspecified atom stereocenters. The molecule has 1 fully saturated rings. The van der Waals surface area contributed by atoms with Gasteiger partial charge in [-0.2, -0.15) is 0 Å². The van der Waals surface area contributed by atoms with Crippen LogP contribution in [0.4, 0.5) is 0 Å². The van der Waals surface area contributed by atoms with E-state index in [2.05, 4.69) is 18.3 Å². The Balaban J connectivity index is 0.00000288. The standard InChI is InChI=1S/C19H30N2O2.ClH/c1-15(14-17-6-4-5-7-18(17)23-3)21(2)19(22)9-8-16-10-12-20-13-11-16;/h4-7,15-16,20H,8-14H2,1-3H3;1H. The molecule has 0 aromatic heterocycles. The van der Waals surface area contributed by atoms with Crippen molar-refractivity contribution in [2.75, 3.05) is 27.2 Å². The van der Waals surface area contributed by atoms with Gasteiger partial charge in [-0.15, -0.1) is 12.4 Å². The summed E-state index contributed by atoms with van der Waals surface area (Å²) >= 11 is 0. The number of rotatable bonds is 7. The van der Waals surface area contributed by atoms with Crippen molar-refractivity contribution in [1.82, 2.24) is 10.2 Å². The number of nitrogens with one attached hydrogen (secondary N) is 1. The number of carbonyl (C=O) groups excluding carboxylic acids is 1. The van der Waals surface area contributed by atoms with Gasteiger partial charge in [0.2, 0.25) is 5.91 Å². The van der Waals surface area contributed by atoms with Gasteiger partial charge in [0.25, 0.3) is 0 Å². The molecule has 0 spiro atoms. The van der Waals surface area contributed by atoms with Gasteiger partial charge in [-0.1, -0.05) is 18.2 Å². The molecule has 0 saturated carbocycles. The summed E-state index contributed by atoms with van der Waals surface area (Å²) in [6, 6.07) is 8.21. The van der Waals surface area contributed by atoms with Crippen molar-refractivity contribution in [1.29, 1.82) is 0 Å². The molecule has 1 amide bonds. The summed E-state index contributed by atoms with van der Waals surface area (Å²) in [5, 5.41) is 3.37. The third-order valence-electron chi connectivity index (χ3n) is 4.99. The Kier molecular flexibility index (Phi) is 9.16. The van der Waals surface area contributed by atoms with Gasteiger partial charge in [-0.3, -0.25) is 4.79 Å². The summed E-state index contributed by atoms with van der Waals surface area (Å²) in [7, 11) is 3.61. The van der Waals surface area contributed by atoms with E-state index in [1.54, 1.807) is 7.11 Å². The fourth-order valence-corrected chi connectivity index (χ4v) is 3.25. The number of benzene rings is 1. The molecule has 136 valence electrons. The summed E-state index contributed by atoms with van der Waals surface area (Å²) in [5.41, 5.74) is 1.15. The summed E-state index contributed by atoms with van der Waals surface area (Å²) in [6.45, 7) is 4.30. The van der Waals surface area contributed by atoms with E-state index in [0.29, 0.717) is 12.3 Å². The molecule has 5 heteroatoms. The minimum Gasteiger partial charge on any atom is -0.496 e. The number of methoxy groups -OCH3 is 1. The normalized spacial score (nSPS) is 16.1. The number of piperidine rings is 1. The number of likely N-dealkylation sites (N-methyl/N-ethyl adjacent to an activating group) is 1. The van der Waals surface area contributed by atoms with Crippen LogP contribution in [-0.2, 0) is 11.2 Å². The Morgan fingerprint density at radius 1 is 1.33 bits per heavy atom. The van der Waals surface area contributed by atoms with E-state index >= 15 is 0 Å². The van der Waals surface area contributed by atoms with Crippen LogP contribution < -0.4 is 10.1 Å². The number of carbonyl (C=O) groups is 1. The van der Waals surface area contributed by atoms with Gasteiger partial charge in [-0.05, 0) is 63.2 Å². The Bertz CT molecular complexity index is 504. The molecule has 1 atom stereocenters. The first-order valence-corrected chi connectivity index (χ1v) is 8.70. The maximum atomic E-state index is 12.5. The minimum atomic E-state index is 0. The topological polar surface area (TPSA) is 41.6 Å². The van der Waals surface area contributed by atoms with Gasteiger partial charge in [0.1, 0.15) is 5.75 Å². The third-order valence-corrected chi connectivity index (χ3v) is 4.99. The van der Waals surface area contributed by atoms with Crippen molar-refractivity contribution in [2.45, 2.75) is 45.1 Å². The highest BCUT2D eigenvalue weighted by Gasteiger charge is 2.20. The average Bonchev–Trinajstić information content (AvgIpc) is 2.60. The van der Waals surface area contributed by atoms with Gasteiger partial charge in [0.15, 0.2) is 0 Å². The van der Waals surface area contributed by atoms with E-state index in [4.69, 9.17) is 4.74 Å². The molecule has 4 nitrogen and oxygen atoms in total. The Hall–Kier alpha value is -1.26. The predicted molar refractivity (Wildman–Crippen MR) is 101 cm³/mol. The fourth-order valence-electron chi connectivity index (χ4n) is 3.25. The molecule has 0 aliphatic carbocycles. The zero-order chi connectivity index (χ0) is 16.7. The summed E-state index contributed by atoms with van der Waals surface area (Å²) in [5.74, 6) is 1.86. The molecule has 1 aromatic carbocycles. The average molecular weight is 355 g/mol. The van der Waals surface area contributed by atoms with Crippen LogP contribution in [0.15, 0.2) is 24.3 Å². The highest BCUT2D eigenvalue weighted by atomic mass is 35.5. The summed E-state index contributed by atoms with van der Waals surface area (Å²) in [6.07, 6.45) is 4.91. The van der Waals surface area contributed by atoms with Crippen LogP contribution in [0.1, 0.15) is 38.2 Å². The van der Waals surface area contributed by atoms with Gasteiger partial charge in [0, 0.05) is 19.5 Å². The molecular formula is C19H31ClN2O2. The first-order chi connectivity index (χ1) is 11.1. The van der Waals surface area contributed by atoms with Crippen LogP contribution in [0.3, 0.4) is 0 Å². The molecule has 1 saturated heterocycles. The minimum absolute atomic E-state index is 0. The Morgan fingerprint density at radius 3 is 2.67 bits per heavy atom. The number of ether oxygens (including phenoxy) is 1. The fraction of sp³-hybridized carbons (Fsp3) is 0.632. The van der Waals surface area contributed by atoms with Crippen LogP contribution in [-0.4, -0.2) is 44.1 Å². The zero-order valence-corrected chi connectivity index (χ0v) is 15.9. The molecule has 24 heavy (non-hydrogen) atoms. The SMILES string of the molecule is COc1ccccc1CC(C)N(C)C(=O)CCC1CCNCC1.Cl. The van der Waals surface area contributed by atoms with Crippen LogP contribution in [0.5, 0.6) is 5.75 Å². The largest absolute Gasteiger partial charge is 0.496 e. The van der Waals surface area contributed by atoms with Crippen LogP contribution in [0.2, 0.25) is 0 Å². The monoisotopic (exact) mass is 354 g/mol. The number of nitrogens with zero attached hydrogens (tertiary/aromatic N) is 1. The van der Waals surface area contributed by atoms with Crippen molar-refractivity contribution in [3.8, 4) is 5.75 Å². The van der Waals surface area contributed by atoms with E-state index in [1.165, 1.54) is 12.8 Å². The summed E-state index contributed by atoms with van der Waals surface area (Å²) < 4.78 is 5.40. The Morgan fingerprint density at radius 2 is 2.00 bits per heavy atom. The molecule has 2 rings (SSSR count). The molecule has 1 aromatic rings. The lowest BCUT2D eigenvalue weighted by Crippen LogP contribution is -2.37. The second kappa shape index (κ2) is 10.6. The quantitative estimate of drug-likeness (QED) is 0.817. The van der Waals surface area contributed by atoms with Crippen LogP contribution in [0.25, 0.3) is 0 Å². The maximum absolute atomic E-state index is 12.5. The molecule has 1 aliphatic heterocycles. The lowest BCUT2D eigenvalue weighted by atomic mass is 9.93. The van der Waals surface area contributed by atoms with Gasteiger partial charge in [-0.25, -0.2) is 0 Å². The van der Waals surface area contributed by atoms with E-state index in [0.717, 1.165) is 37.2 Å². The number of halogens is 1. The molecular weight excluding hydrogens is 324 g/mol. The van der Waals surface area contributed by atoms with Crippen LogP contribution >= 0.6 is 12.4 Å². The van der Waals surface area contributed by atoms with E-state index in [9.17, 15) is 4.79 Å². The third kappa shape index (κ3) is 5.99. The smallest absolute Gasteiger partial charge is 0.222 e. The predicted octanol–water partition coefficient (Wildman–Crippen LogP) is 3.29. The maximum Gasteiger partial charge on any atom is 0.222 e. The van der Waals surface area contributed by atoms with Gasteiger partial charge < -0.3 is 15.0 Å². The first kappa shape index (κ1) is 20.8. The van der Waals surface area contributed by atoms with Crippen molar-refractivity contribution < 1.29 is 9.53 Å². The van der Waals surface area contributed by atoms with Crippen LogP contribution in [0, 0.1) is 5.92 Å². The zero-order valence-electron chi connectivity index (χ0n) is 15.1. The van der Waals surface area contributed by atoms with Crippen molar-refractivity contribution in [3.63, 3.8) is 0 Å². The van der Waals surface area contributed by atoms with Gasteiger partial charge in [0.05, 0.1) is 7.11 Å². The van der Waals surface area contributed by atoms with E-state index in [-0.39, 0.29) is 24.4 Å². The summed E-state index contributed by atoms with van der Waals surface area (Å²) in [4.78, 5) is 14.3. The van der Waals surface area contributed by atoms with E-state index < -0.39 is 0 Å². The number of hydrogen-bond donors (Lipinski definition) is 1. The first-order valence-electron chi connectivity index (χ1n) is 8.70. The number of amides is 1. The lowest BCUT2D eigenvalue weighted by Gasteiger charge is -2.27. The van der Waals surface area contributed by atoms with Crippen molar-refractivity contribution in [3.05, 3.63) is 29.8 Å². The Labute approximate surface area is 152 Å². The molecule has 0 radical (unpaired) electrons. The number of hydrogen-bond acceptors (Lipinski definition) is 3. The highest BCUT2D eigenvalue weighted by molar-refractivity contribution is 5.85. The second-order valence-corrected chi connectivity index (χ2v) is 6.60. The molecule has 1 heterocycles. The number of para-hydroxylation sites is 1. The molecule has 1 N–H and O–H groups in total. The lowest BCUT2D eigenvalue weighted by molar-refractivity contribution is -0.132. The van der Waals surface area contributed by atoms with Crippen molar-refractivity contribution in [2.24, 2.45) is 5.92 Å².